The lowest BCUT2D eigenvalue weighted by atomic mass is 10.2. The molecule has 1 aliphatic rings. The van der Waals surface area contributed by atoms with Crippen LogP contribution in [0.2, 0.25) is 0 Å². The van der Waals surface area contributed by atoms with E-state index < -0.39 is 0 Å². The zero-order valence-corrected chi connectivity index (χ0v) is 12.2. The lowest BCUT2D eigenvalue weighted by Gasteiger charge is -2.28. The highest BCUT2D eigenvalue weighted by molar-refractivity contribution is 5.58. The number of anilines is 1. The Morgan fingerprint density at radius 3 is 2.62 bits per heavy atom. The molecule has 5 nitrogen and oxygen atoms in total. The first-order valence-corrected chi connectivity index (χ1v) is 7.25. The van der Waals surface area contributed by atoms with Crippen molar-refractivity contribution in [1.82, 2.24) is 15.3 Å². The quantitative estimate of drug-likeness (QED) is 0.926. The van der Waals surface area contributed by atoms with Gasteiger partial charge in [0.1, 0.15) is 5.82 Å². The van der Waals surface area contributed by atoms with E-state index in [4.69, 9.17) is 9.72 Å². The predicted molar refractivity (Wildman–Crippen MR) is 83.3 cm³/mol. The van der Waals surface area contributed by atoms with Crippen LogP contribution in [0.15, 0.2) is 36.4 Å². The SMILES string of the molecule is COCc1cc(N2CCNCC2)nc(-c2ccccc2)n1. The van der Waals surface area contributed by atoms with Crippen LogP contribution >= 0.6 is 0 Å². The molecule has 2 aromatic rings. The summed E-state index contributed by atoms with van der Waals surface area (Å²) in [7, 11) is 1.69. The summed E-state index contributed by atoms with van der Waals surface area (Å²) in [6.45, 7) is 4.42. The molecule has 3 rings (SSSR count). The molecule has 1 fully saturated rings. The third-order valence-electron chi connectivity index (χ3n) is 3.53. The Hall–Kier alpha value is -1.98. The lowest BCUT2D eigenvalue weighted by Crippen LogP contribution is -2.44. The lowest BCUT2D eigenvalue weighted by molar-refractivity contribution is 0.181. The standard InChI is InChI=1S/C16H20N4O/c1-21-12-14-11-15(20-9-7-17-8-10-20)19-16(18-14)13-5-3-2-4-6-13/h2-6,11,17H,7-10,12H2,1H3. The van der Waals surface area contributed by atoms with Gasteiger partial charge in [-0.25, -0.2) is 9.97 Å². The highest BCUT2D eigenvalue weighted by Crippen LogP contribution is 2.20. The molecular weight excluding hydrogens is 264 g/mol. The monoisotopic (exact) mass is 284 g/mol. The second-order valence-corrected chi connectivity index (χ2v) is 5.08. The summed E-state index contributed by atoms with van der Waals surface area (Å²) in [5.74, 6) is 1.75. The number of hydrogen-bond donors (Lipinski definition) is 1. The molecule has 1 N–H and O–H groups in total. The maximum absolute atomic E-state index is 5.24. The van der Waals surface area contributed by atoms with E-state index in [2.05, 4.69) is 15.2 Å². The van der Waals surface area contributed by atoms with Crippen LogP contribution in [0.5, 0.6) is 0 Å². The van der Waals surface area contributed by atoms with Crippen LogP contribution < -0.4 is 10.2 Å². The molecule has 0 spiro atoms. The number of hydrogen-bond acceptors (Lipinski definition) is 5. The summed E-state index contributed by atoms with van der Waals surface area (Å²) in [6, 6.07) is 12.1. The normalized spacial score (nSPS) is 15.2. The summed E-state index contributed by atoms with van der Waals surface area (Å²) in [5.41, 5.74) is 1.95. The summed E-state index contributed by atoms with van der Waals surface area (Å²) >= 11 is 0. The fraction of sp³-hybridized carbons (Fsp3) is 0.375. The van der Waals surface area contributed by atoms with Crippen LogP contribution in [0.3, 0.4) is 0 Å². The van der Waals surface area contributed by atoms with Crippen molar-refractivity contribution in [2.75, 3.05) is 38.2 Å². The Morgan fingerprint density at radius 2 is 1.90 bits per heavy atom. The van der Waals surface area contributed by atoms with Gasteiger partial charge in [0.05, 0.1) is 12.3 Å². The third-order valence-corrected chi connectivity index (χ3v) is 3.53. The van der Waals surface area contributed by atoms with Gasteiger partial charge in [0.15, 0.2) is 5.82 Å². The van der Waals surface area contributed by atoms with E-state index in [9.17, 15) is 0 Å². The highest BCUT2D eigenvalue weighted by atomic mass is 16.5. The molecule has 0 amide bonds. The van der Waals surface area contributed by atoms with Gasteiger partial charge >= 0.3 is 0 Å². The van der Waals surface area contributed by atoms with Crippen LogP contribution in [-0.2, 0) is 11.3 Å². The largest absolute Gasteiger partial charge is 0.378 e. The van der Waals surface area contributed by atoms with E-state index in [1.807, 2.05) is 36.4 Å². The first kappa shape index (κ1) is 14.0. The zero-order chi connectivity index (χ0) is 14.5. The Labute approximate surface area is 125 Å². The Balaban J connectivity index is 1.97. The fourth-order valence-corrected chi connectivity index (χ4v) is 2.48. The van der Waals surface area contributed by atoms with Crippen molar-refractivity contribution in [2.24, 2.45) is 0 Å². The molecule has 0 saturated carbocycles. The van der Waals surface area contributed by atoms with Crippen molar-refractivity contribution in [1.29, 1.82) is 0 Å². The van der Waals surface area contributed by atoms with E-state index in [1.54, 1.807) is 7.11 Å². The van der Waals surface area contributed by atoms with Gasteiger partial charge in [-0.2, -0.15) is 0 Å². The number of methoxy groups -OCH3 is 1. The van der Waals surface area contributed by atoms with Crippen LogP contribution in [0, 0.1) is 0 Å². The predicted octanol–water partition coefficient (Wildman–Crippen LogP) is 1.70. The smallest absolute Gasteiger partial charge is 0.161 e. The van der Waals surface area contributed by atoms with Crippen molar-refractivity contribution in [3.05, 3.63) is 42.1 Å². The number of rotatable bonds is 4. The first-order chi connectivity index (χ1) is 10.4. The minimum Gasteiger partial charge on any atom is -0.378 e. The minimum atomic E-state index is 0.501. The Kier molecular flexibility index (Phi) is 4.43. The van der Waals surface area contributed by atoms with Crippen molar-refractivity contribution >= 4 is 5.82 Å². The van der Waals surface area contributed by atoms with E-state index in [0.717, 1.165) is 49.1 Å². The molecule has 1 aliphatic heterocycles. The number of aromatic nitrogens is 2. The van der Waals surface area contributed by atoms with Crippen molar-refractivity contribution in [3.63, 3.8) is 0 Å². The van der Waals surface area contributed by atoms with Gasteiger partial charge < -0.3 is 15.0 Å². The molecule has 0 atom stereocenters. The van der Waals surface area contributed by atoms with E-state index in [0.29, 0.717) is 6.61 Å². The maximum atomic E-state index is 5.24. The zero-order valence-electron chi connectivity index (χ0n) is 12.2. The van der Waals surface area contributed by atoms with Crippen molar-refractivity contribution in [2.45, 2.75) is 6.61 Å². The number of benzene rings is 1. The highest BCUT2D eigenvalue weighted by Gasteiger charge is 2.15. The minimum absolute atomic E-state index is 0.501. The molecule has 110 valence electrons. The molecular formula is C16H20N4O. The summed E-state index contributed by atoms with van der Waals surface area (Å²) in [6.07, 6.45) is 0. The van der Waals surface area contributed by atoms with Crippen molar-refractivity contribution < 1.29 is 4.74 Å². The van der Waals surface area contributed by atoms with Crippen LogP contribution in [0.25, 0.3) is 11.4 Å². The Bertz CT molecular complexity index is 582. The maximum Gasteiger partial charge on any atom is 0.161 e. The molecule has 0 unspecified atom stereocenters. The molecule has 1 aromatic carbocycles. The molecule has 1 aromatic heterocycles. The number of ether oxygens (including phenoxy) is 1. The Morgan fingerprint density at radius 1 is 1.14 bits per heavy atom. The van der Waals surface area contributed by atoms with Crippen LogP contribution in [0.4, 0.5) is 5.82 Å². The van der Waals surface area contributed by atoms with Gasteiger partial charge in [0, 0.05) is 44.9 Å². The van der Waals surface area contributed by atoms with Gasteiger partial charge in [-0.05, 0) is 0 Å². The van der Waals surface area contributed by atoms with Crippen molar-refractivity contribution in [3.8, 4) is 11.4 Å². The number of piperazine rings is 1. The molecule has 5 heteroatoms. The second kappa shape index (κ2) is 6.65. The topological polar surface area (TPSA) is 50.3 Å². The average molecular weight is 284 g/mol. The number of nitrogens with one attached hydrogen (secondary N) is 1. The van der Waals surface area contributed by atoms with Gasteiger partial charge in [-0.3, -0.25) is 0 Å². The summed E-state index contributed by atoms with van der Waals surface area (Å²) in [5, 5.41) is 3.36. The van der Waals surface area contributed by atoms with E-state index >= 15 is 0 Å². The van der Waals surface area contributed by atoms with Gasteiger partial charge in [0.2, 0.25) is 0 Å². The molecule has 2 heterocycles. The molecule has 0 aliphatic carbocycles. The second-order valence-electron chi connectivity index (χ2n) is 5.08. The first-order valence-electron chi connectivity index (χ1n) is 7.25. The molecule has 0 bridgehead atoms. The fourth-order valence-electron chi connectivity index (χ4n) is 2.48. The average Bonchev–Trinajstić information content (AvgIpc) is 2.56. The van der Waals surface area contributed by atoms with E-state index in [1.165, 1.54) is 0 Å². The van der Waals surface area contributed by atoms with Gasteiger partial charge in [0.25, 0.3) is 0 Å². The number of nitrogens with zero attached hydrogens (tertiary/aromatic N) is 3. The van der Waals surface area contributed by atoms with Crippen LogP contribution in [-0.4, -0.2) is 43.3 Å². The van der Waals surface area contributed by atoms with Gasteiger partial charge in [-0.1, -0.05) is 30.3 Å². The molecule has 0 radical (unpaired) electrons. The van der Waals surface area contributed by atoms with E-state index in [-0.39, 0.29) is 0 Å². The summed E-state index contributed by atoms with van der Waals surface area (Å²) < 4.78 is 5.24. The molecule has 21 heavy (non-hydrogen) atoms. The third kappa shape index (κ3) is 3.37. The summed E-state index contributed by atoms with van der Waals surface area (Å²) in [4.78, 5) is 11.6. The molecule has 1 saturated heterocycles. The van der Waals surface area contributed by atoms with Crippen LogP contribution in [0.1, 0.15) is 5.69 Å². The van der Waals surface area contributed by atoms with Gasteiger partial charge in [-0.15, -0.1) is 0 Å².